The van der Waals surface area contributed by atoms with Gasteiger partial charge in [0.1, 0.15) is 0 Å². The fourth-order valence-electron chi connectivity index (χ4n) is 3.51. The molecular weight excluding hydrogens is 313 g/mol. The molecule has 6 heteroatoms. The summed E-state index contributed by atoms with van der Waals surface area (Å²) < 4.78 is 5.10. The highest BCUT2D eigenvalue weighted by molar-refractivity contribution is 6.37. The number of nitrogens with zero attached hydrogens (tertiary/aromatic N) is 1. The van der Waals surface area contributed by atoms with Crippen molar-refractivity contribution in [2.24, 2.45) is 0 Å². The number of carbonyl (C=O) groups excluding carboxylic acids is 1. The second-order valence-electron chi connectivity index (χ2n) is 5.70. The Labute approximate surface area is 133 Å². The van der Waals surface area contributed by atoms with E-state index in [2.05, 4.69) is 0 Å². The molecular formula is C15H17Cl2NO3. The van der Waals surface area contributed by atoms with Crippen molar-refractivity contribution in [3.05, 3.63) is 27.7 Å². The number of ether oxygens (including phenoxy) is 1. The number of piperidine rings is 1. The summed E-state index contributed by atoms with van der Waals surface area (Å²) >= 11 is 12.2. The van der Waals surface area contributed by atoms with Crippen LogP contribution in [0.15, 0.2) is 12.1 Å². The van der Waals surface area contributed by atoms with Crippen molar-refractivity contribution in [2.75, 3.05) is 7.11 Å². The molecule has 2 heterocycles. The van der Waals surface area contributed by atoms with Crippen LogP contribution in [0.3, 0.4) is 0 Å². The summed E-state index contributed by atoms with van der Waals surface area (Å²) in [5, 5.41) is 10.5. The molecule has 1 amide bonds. The minimum Gasteiger partial charge on any atom is -0.494 e. The summed E-state index contributed by atoms with van der Waals surface area (Å²) in [4.78, 5) is 14.6. The lowest BCUT2D eigenvalue weighted by Gasteiger charge is -2.37. The first kappa shape index (κ1) is 14.9. The Hall–Kier alpha value is -0.970. The summed E-state index contributed by atoms with van der Waals surface area (Å²) in [5.74, 6) is 0.313. The van der Waals surface area contributed by atoms with E-state index in [0.717, 1.165) is 12.8 Å². The van der Waals surface area contributed by atoms with Gasteiger partial charge in [-0.3, -0.25) is 4.79 Å². The van der Waals surface area contributed by atoms with Crippen LogP contribution in [0.1, 0.15) is 36.0 Å². The zero-order chi connectivity index (χ0) is 15.1. The molecule has 1 N–H and O–H groups in total. The summed E-state index contributed by atoms with van der Waals surface area (Å²) in [7, 11) is 1.49. The highest BCUT2D eigenvalue weighted by atomic mass is 35.5. The molecule has 1 aromatic rings. The van der Waals surface area contributed by atoms with Gasteiger partial charge in [0.2, 0.25) is 0 Å². The number of hydrogen-bond donors (Lipinski definition) is 1. The zero-order valence-corrected chi connectivity index (χ0v) is 13.2. The van der Waals surface area contributed by atoms with Crippen molar-refractivity contribution < 1.29 is 14.6 Å². The third kappa shape index (κ3) is 2.60. The number of hydrogen-bond acceptors (Lipinski definition) is 3. The van der Waals surface area contributed by atoms with Crippen LogP contribution in [0.4, 0.5) is 0 Å². The third-order valence-electron chi connectivity index (χ3n) is 4.39. The Morgan fingerprint density at radius 1 is 1.24 bits per heavy atom. The first-order valence-corrected chi connectivity index (χ1v) is 7.80. The minimum atomic E-state index is -0.297. The van der Waals surface area contributed by atoms with E-state index in [9.17, 15) is 9.90 Å². The van der Waals surface area contributed by atoms with Gasteiger partial charge < -0.3 is 14.7 Å². The maximum atomic E-state index is 12.8. The molecule has 2 saturated heterocycles. The third-order valence-corrected chi connectivity index (χ3v) is 4.95. The number of benzene rings is 1. The Bertz CT molecular complexity index is 541. The van der Waals surface area contributed by atoms with Gasteiger partial charge in [0.25, 0.3) is 5.91 Å². The first-order valence-electron chi connectivity index (χ1n) is 7.05. The molecule has 0 spiro atoms. The van der Waals surface area contributed by atoms with Crippen LogP contribution >= 0.6 is 23.2 Å². The van der Waals surface area contributed by atoms with Crippen molar-refractivity contribution in [2.45, 2.75) is 43.9 Å². The van der Waals surface area contributed by atoms with Crippen molar-refractivity contribution in [3.63, 3.8) is 0 Å². The van der Waals surface area contributed by atoms with Crippen LogP contribution in [-0.4, -0.2) is 41.2 Å². The maximum Gasteiger partial charge on any atom is 0.254 e. The summed E-state index contributed by atoms with van der Waals surface area (Å²) in [6.45, 7) is 0. The van der Waals surface area contributed by atoms with Crippen molar-refractivity contribution in [3.8, 4) is 5.75 Å². The Balaban J connectivity index is 1.90. The van der Waals surface area contributed by atoms with Crippen LogP contribution in [-0.2, 0) is 0 Å². The number of aliphatic hydroxyl groups excluding tert-OH is 1. The molecule has 2 fully saturated rings. The molecule has 4 nitrogen and oxygen atoms in total. The van der Waals surface area contributed by atoms with Gasteiger partial charge in [-0.2, -0.15) is 0 Å². The highest BCUT2D eigenvalue weighted by Crippen LogP contribution is 2.39. The largest absolute Gasteiger partial charge is 0.494 e. The average Bonchev–Trinajstić information content (AvgIpc) is 2.69. The van der Waals surface area contributed by atoms with Crippen LogP contribution in [0.2, 0.25) is 10.0 Å². The Morgan fingerprint density at radius 3 is 2.24 bits per heavy atom. The fraction of sp³-hybridized carbons (Fsp3) is 0.533. The summed E-state index contributed by atoms with van der Waals surface area (Å²) in [6, 6.07) is 3.43. The number of fused-ring (bicyclic) bond motifs is 2. The Morgan fingerprint density at radius 2 is 1.76 bits per heavy atom. The molecule has 114 valence electrons. The summed E-state index contributed by atoms with van der Waals surface area (Å²) in [6.07, 6.45) is 2.91. The maximum absolute atomic E-state index is 12.8. The predicted molar refractivity (Wildman–Crippen MR) is 81.2 cm³/mol. The number of halogens is 2. The van der Waals surface area contributed by atoms with Gasteiger partial charge in [-0.1, -0.05) is 23.2 Å². The van der Waals surface area contributed by atoms with Crippen molar-refractivity contribution in [1.29, 1.82) is 0 Å². The molecule has 2 atom stereocenters. The molecule has 2 aliphatic heterocycles. The fourth-order valence-corrected chi connectivity index (χ4v) is 4.15. The summed E-state index contributed by atoms with van der Waals surface area (Å²) in [5.41, 5.74) is 0.471. The van der Waals surface area contributed by atoms with E-state index >= 15 is 0 Å². The molecule has 0 aromatic heterocycles. The van der Waals surface area contributed by atoms with Gasteiger partial charge >= 0.3 is 0 Å². The van der Waals surface area contributed by atoms with E-state index in [0.29, 0.717) is 34.2 Å². The normalized spacial score (nSPS) is 27.8. The second kappa shape index (κ2) is 5.67. The van der Waals surface area contributed by atoms with E-state index < -0.39 is 0 Å². The smallest absolute Gasteiger partial charge is 0.254 e. The number of methoxy groups -OCH3 is 1. The van der Waals surface area contributed by atoms with Gasteiger partial charge in [-0.05, 0) is 37.8 Å². The molecule has 1 aromatic carbocycles. The number of amides is 1. The lowest BCUT2D eigenvalue weighted by Crippen LogP contribution is -2.48. The van der Waals surface area contributed by atoms with E-state index in [1.807, 2.05) is 4.90 Å². The zero-order valence-electron chi connectivity index (χ0n) is 11.7. The lowest BCUT2D eigenvalue weighted by atomic mass is 9.98. The molecule has 0 radical (unpaired) electrons. The van der Waals surface area contributed by atoms with Crippen LogP contribution in [0.25, 0.3) is 0 Å². The van der Waals surface area contributed by atoms with E-state index in [-0.39, 0.29) is 24.1 Å². The molecule has 0 aliphatic carbocycles. The molecule has 0 saturated carbocycles. The van der Waals surface area contributed by atoms with Gasteiger partial charge in [0.15, 0.2) is 5.75 Å². The van der Waals surface area contributed by atoms with Crippen LogP contribution < -0.4 is 4.74 Å². The second-order valence-corrected chi connectivity index (χ2v) is 6.51. The van der Waals surface area contributed by atoms with Gasteiger partial charge in [-0.25, -0.2) is 0 Å². The standard InChI is InChI=1S/C15H17Cl2NO3/c1-21-14-12(16)4-8(5-13(14)17)15(20)18-9-2-3-10(18)7-11(19)6-9/h4-5,9-11,19H,2-3,6-7H2,1H3. The van der Waals surface area contributed by atoms with E-state index in [1.165, 1.54) is 7.11 Å². The first-order chi connectivity index (χ1) is 10.0. The van der Waals surface area contributed by atoms with Crippen LogP contribution in [0, 0.1) is 0 Å². The average molecular weight is 330 g/mol. The van der Waals surface area contributed by atoms with Gasteiger partial charge in [0, 0.05) is 17.6 Å². The van der Waals surface area contributed by atoms with Gasteiger partial charge in [-0.15, -0.1) is 0 Å². The number of aliphatic hydroxyl groups is 1. The minimum absolute atomic E-state index is 0.0687. The molecule has 2 aliphatic rings. The molecule has 2 bridgehead atoms. The van der Waals surface area contributed by atoms with Gasteiger partial charge in [0.05, 0.1) is 23.3 Å². The Kier molecular flexibility index (Phi) is 4.04. The lowest BCUT2D eigenvalue weighted by molar-refractivity contribution is 0.0287. The highest BCUT2D eigenvalue weighted by Gasteiger charge is 2.43. The van der Waals surface area contributed by atoms with Crippen molar-refractivity contribution >= 4 is 29.1 Å². The molecule has 21 heavy (non-hydrogen) atoms. The molecule has 2 unspecified atom stereocenters. The predicted octanol–water partition coefficient (Wildman–Crippen LogP) is 3.13. The van der Waals surface area contributed by atoms with E-state index in [4.69, 9.17) is 27.9 Å². The number of carbonyl (C=O) groups is 1. The molecule has 3 rings (SSSR count). The number of rotatable bonds is 2. The van der Waals surface area contributed by atoms with Crippen LogP contribution in [0.5, 0.6) is 5.75 Å². The quantitative estimate of drug-likeness (QED) is 0.906. The van der Waals surface area contributed by atoms with E-state index in [1.54, 1.807) is 12.1 Å². The topological polar surface area (TPSA) is 49.8 Å². The SMILES string of the molecule is COc1c(Cl)cc(C(=O)N2C3CCC2CC(O)C3)cc1Cl. The monoisotopic (exact) mass is 329 g/mol. The van der Waals surface area contributed by atoms with Crippen molar-refractivity contribution in [1.82, 2.24) is 4.90 Å².